The summed E-state index contributed by atoms with van der Waals surface area (Å²) in [5, 5.41) is 24.3. The molecule has 0 spiro atoms. The maximum absolute atomic E-state index is 10.5. The van der Waals surface area contributed by atoms with Crippen molar-refractivity contribution in [3.05, 3.63) is 72.0 Å². The molecule has 194 valence electrons. The zero-order valence-corrected chi connectivity index (χ0v) is 22.1. The molecule has 9 heteroatoms. The fourth-order valence-electron chi connectivity index (χ4n) is 4.37. The third kappa shape index (κ3) is 6.24. The monoisotopic (exact) mass is 500 g/mol. The number of hydrogen-bond acceptors (Lipinski definition) is 7. The van der Waals surface area contributed by atoms with E-state index in [1.807, 2.05) is 72.6 Å². The number of piperidine rings is 1. The molecule has 4 rings (SSSR count). The highest BCUT2D eigenvalue weighted by Crippen LogP contribution is 2.28. The van der Waals surface area contributed by atoms with E-state index in [0.29, 0.717) is 5.82 Å². The second-order valence-electron chi connectivity index (χ2n) is 9.62. The first-order valence-corrected chi connectivity index (χ1v) is 12.6. The van der Waals surface area contributed by atoms with E-state index in [2.05, 4.69) is 32.2 Å². The zero-order chi connectivity index (χ0) is 26.4. The molecule has 0 unspecified atom stereocenters. The molecule has 0 amide bonds. The largest absolute Gasteiger partial charge is 0.386 e. The molecular weight excluding hydrogens is 464 g/mol. The second-order valence-corrected chi connectivity index (χ2v) is 9.62. The molecular formula is C28H36N8O. The number of aromatic nitrogens is 4. The summed E-state index contributed by atoms with van der Waals surface area (Å²) in [6.45, 7) is 9.23. The van der Waals surface area contributed by atoms with Gasteiger partial charge in [-0.2, -0.15) is 20.0 Å². The predicted octanol–water partition coefficient (Wildman–Crippen LogP) is 4.31. The number of benzene rings is 1. The summed E-state index contributed by atoms with van der Waals surface area (Å²) in [6.07, 6.45) is 11.3. The Kier molecular flexibility index (Phi) is 8.03. The van der Waals surface area contributed by atoms with E-state index in [1.54, 1.807) is 25.6 Å². The number of aliphatic imine (C=N–C) groups is 1. The van der Waals surface area contributed by atoms with Crippen LogP contribution in [0.3, 0.4) is 0 Å². The van der Waals surface area contributed by atoms with Crippen molar-refractivity contribution in [1.82, 2.24) is 29.9 Å². The highest BCUT2D eigenvalue weighted by Gasteiger charge is 2.20. The quantitative estimate of drug-likeness (QED) is 0.259. The van der Waals surface area contributed by atoms with Crippen LogP contribution in [-0.4, -0.2) is 62.1 Å². The molecule has 2 N–H and O–H groups in total. The number of hydrogen-bond donors (Lipinski definition) is 2. The number of likely N-dealkylation sites (tertiary alicyclic amines) is 1. The number of nitrogens with zero attached hydrogens (tertiary/aromatic N) is 7. The third-order valence-corrected chi connectivity index (χ3v) is 6.32. The fourth-order valence-corrected chi connectivity index (χ4v) is 4.37. The Morgan fingerprint density at radius 1 is 1.11 bits per heavy atom. The first kappa shape index (κ1) is 26.1. The average Bonchev–Trinajstić information content (AvgIpc) is 3.52. The van der Waals surface area contributed by atoms with Crippen molar-refractivity contribution in [3.8, 4) is 11.4 Å². The summed E-state index contributed by atoms with van der Waals surface area (Å²) in [5.41, 5.74) is 5.97. The summed E-state index contributed by atoms with van der Waals surface area (Å²) in [6, 6.07) is 11.6. The topological polar surface area (TPSA) is 95.9 Å². The molecule has 1 aliphatic heterocycles. The van der Waals surface area contributed by atoms with Gasteiger partial charge in [-0.05, 0) is 69.7 Å². The normalized spacial score (nSPS) is 15.4. The molecule has 0 radical (unpaired) electrons. The number of allylic oxidation sites excluding steroid dienone is 3. The van der Waals surface area contributed by atoms with Crippen LogP contribution in [0.2, 0.25) is 0 Å². The molecule has 0 aliphatic carbocycles. The van der Waals surface area contributed by atoms with E-state index in [0.717, 1.165) is 60.0 Å². The van der Waals surface area contributed by atoms with Gasteiger partial charge in [0.2, 0.25) is 0 Å². The highest BCUT2D eigenvalue weighted by molar-refractivity contribution is 6.08. The minimum absolute atomic E-state index is 0.660. The molecule has 3 heterocycles. The summed E-state index contributed by atoms with van der Waals surface area (Å²) in [7, 11) is 3.66. The molecule has 1 aromatic carbocycles. The molecule has 3 aromatic rings. The standard InChI is InChI=1S/C28H36N8O/c1-28(2,37)22-12-9-11-21(19-22)23(31-30-4)13-10-14-27(35-16-7-6-8-17-35)36-26(29-3)20-25(33-36)24-15-18-34(5)32-24/h9-15,18-20,30,37H,3,6-8,16-17H2,1-2,4-5H3/b13-10-,27-14-,31-23+. The van der Waals surface area contributed by atoms with Gasteiger partial charge < -0.3 is 15.4 Å². The van der Waals surface area contributed by atoms with Gasteiger partial charge in [0, 0.05) is 45.0 Å². The van der Waals surface area contributed by atoms with Crippen molar-refractivity contribution in [1.29, 1.82) is 0 Å². The minimum Gasteiger partial charge on any atom is -0.386 e. The molecule has 9 nitrogen and oxygen atoms in total. The summed E-state index contributed by atoms with van der Waals surface area (Å²) in [4.78, 5) is 6.59. The van der Waals surface area contributed by atoms with E-state index < -0.39 is 5.60 Å². The van der Waals surface area contributed by atoms with Crippen molar-refractivity contribution < 1.29 is 5.11 Å². The van der Waals surface area contributed by atoms with Gasteiger partial charge in [-0.25, -0.2) is 4.99 Å². The number of hydrazone groups is 1. The van der Waals surface area contributed by atoms with Crippen molar-refractivity contribution >= 4 is 24.1 Å². The van der Waals surface area contributed by atoms with Crippen LogP contribution >= 0.6 is 0 Å². The molecule has 0 atom stereocenters. The molecule has 37 heavy (non-hydrogen) atoms. The smallest absolute Gasteiger partial charge is 0.157 e. The Morgan fingerprint density at radius 3 is 2.54 bits per heavy atom. The Hall–Kier alpha value is -3.98. The molecule has 1 fully saturated rings. The van der Waals surface area contributed by atoms with Crippen LogP contribution in [0, 0.1) is 0 Å². The molecule has 1 aliphatic rings. The van der Waals surface area contributed by atoms with E-state index in [1.165, 1.54) is 6.42 Å². The molecule has 0 saturated carbocycles. The van der Waals surface area contributed by atoms with Crippen LogP contribution in [0.15, 0.2) is 70.9 Å². The van der Waals surface area contributed by atoms with Gasteiger partial charge in [0.1, 0.15) is 17.2 Å². The van der Waals surface area contributed by atoms with Crippen molar-refractivity contribution in [2.45, 2.75) is 38.7 Å². The molecule has 2 aromatic heterocycles. The molecule has 0 bridgehead atoms. The number of aliphatic hydroxyl groups is 1. The third-order valence-electron chi connectivity index (χ3n) is 6.32. The van der Waals surface area contributed by atoms with Crippen LogP contribution in [0.4, 0.5) is 5.82 Å². The van der Waals surface area contributed by atoms with Crippen molar-refractivity contribution in [2.24, 2.45) is 17.1 Å². The Labute approximate surface area is 218 Å². The van der Waals surface area contributed by atoms with E-state index in [-0.39, 0.29) is 0 Å². The lowest BCUT2D eigenvalue weighted by atomic mass is 9.95. The number of nitrogens with one attached hydrogen (secondary N) is 1. The lowest BCUT2D eigenvalue weighted by molar-refractivity contribution is 0.0786. The van der Waals surface area contributed by atoms with Gasteiger partial charge in [0.25, 0.3) is 0 Å². The van der Waals surface area contributed by atoms with Crippen LogP contribution in [0.1, 0.15) is 44.2 Å². The van der Waals surface area contributed by atoms with Gasteiger partial charge in [0.15, 0.2) is 5.82 Å². The van der Waals surface area contributed by atoms with Gasteiger partial charge in [-0.3, -0.25) is 4.68 Å². The van der Waals surface area contributed by atoms with Gasteiger partial charge >= 0.3 is 0 Å². The van der Waals surface area contributed by atoms with Crippen LogP contribution in [0.25, 0.3) is 17.2 Å². The average molecular weight is 501 g/mol. The minimum atomic E-state index is -0.939. The predicted molar refractivity (Wildman–Crippen MR) is 150 cm³/mol. The lowest BCUT2D eigenvalue weighted by Gasteiger charge is -2.31. The first-order chi connectivity index (χ1) is 17.8. The second kappa shape index (κ2) is 11.4. The maximum Gasteiger partial charge on any atom is 0.157 e. The van der Waals surface area contributed by atoms with E-state index in [4.69, 9.17) is 5.10 Å². The van der Waals surface area contributed by atoms with Crippen LogP contribution in [0.5, 0.6) is 0 Å². The maximum atomic E-state index is 10.5. The summed E-state index contributed by atoms with van der Waals surface area (Å²) < 4.78 is 3.60. The lowest BCUT2D eigenvalue weighted by Crippen LogP contribution is -2.31. The van der Waals surface area contributed by atoms with Gasteiger partial charge in [0.05, 0.1) is 11.3 Å². The highest BCUT2D eigenvalue weighted by atomic mass is 16.3. The molecule has 1 saturated heterocycles. The van der Waals surface area contributed by atoms with Gasteiger partial charge in [-0.1, -0.05) is 24.3 Å². The van der Waals surface area contributed by atoms with Crippen LogP contribution < -0.4 is 5.43 Å². The first-order valence-electron chi connectivity index (χ1n) is 12.6. The van der Waals surface area contributed by atoms with Crippen molar-refractivity contribution in [3.63, 3.8) is 0 Å². The number of rotatable bonds is 9. The Bertz CT molecular complexity index is 1320. The number of aryl methyl sites for hydroxylation is 1. The zero-order valence-electron chi connectivity index (χ0n) is 22.1. The van der Waals surface area contributed by atoms with Crippen LogP contribution in [-0.2, 0) is 12.6 Å². The van der Waals surface area contributed by atoms with E-state index in [9.17, 15) is 5.11 Å². The van der Waals surface area contributed by atoms with Gasteiger partial charge in [-0.15, -0.1) is 0 Å². The van der Waals surface area contributed by atoms with Crippen molar-refractivity contribution in [2.75, 3.05) is 20.1 Å². The summed E-state index contributed by atoms with van der Waals surface area (Å²) in [5.74, 6) is 1.59. The fraction of sp³-hybridized carbons (Fsp3) is 0.357. The summed E-state index contributed by atoms with van der Waals surface area (Å²) >= 11 is 0. The Morgan fingerprint density at radius 2 is 1.89 bits per heavy atom. The van der Waals surface area contributed by atoms with E-state index >= 15 is 0 Å². The SMILES string of the molecule is C=Nc1cc(-c2ccn(C)n2)nn1\C(=C/C=C\C(=N/NC)c1cccc(C(C)(C)O)c1)N1CCCCC1. The Balaban J connectivity index is 1.72.